The van der Waals surface area contributed by atoms with Crippen molar-refractivity contribution >= 4 is 16.9 Å². The zero-order valence-electron chi connectivity index (χ0n) is 21.8. The molecule has 1 N–H and O–H groups in total. The van der Waals surface area contributed by atoms with E-state index >= 15 is 0 Å². The average Bonchev–Trinajstić information content (AvgIpc) is 2.70. The molecule has 0 radical (unpaired) electrons. The van der Waals surface area contributed by atoms with E-state index < -0.39 is 10.8 Å². The van der Waals surface area contributed by atoms with Crippen LogP contribution in [0.25, 0.3) is 11.0 Å². The minimum atomic E-state index is -0.471. The quantitative estimate of drug-likeness (QED) is 0.645. The molecule has 0 aliphatic rings. The second-order valence-corrected chi connectivity index (χ2v) is 11.9. The minimum Gasteiger partial charge on any atom is -0.497 e. The van der Waals surface area contributed by atoms with Gasteiger partial charge in [-0.1, -0.05) is 55.4 Å². The summed E-state index contributed by atoms with van der Waals surface area (Å²) in [6, 6.07) is 5.37. The Morgan fingerprint density at radius 2 is 1.76 bits per heavy atom. The van der Waals surface area contributed by atoms with Gasteiger partial charge in [0, 0.05) is 36.6 Å². The highest BCUT2D eigenvalue weighted by molar-refractivity contribution is 5.81. The highest BCUT2D eigenvalue weighted by Gasteiger charge is 2.28. The Labute approximate surface area is 197 Å². The number of carbonyl (C=O) groups is 1. The molecular formula is C26H41N3O4. The van der Waals surface area contributed by atoms with Gasteiger partial charge in [-0.3, -0.25) is 14.2 Å². The van der Waals surface area contributed by atoms with Gasteiger partial charge in [0.15, 0.2) is 0 Å². The van der Waals surface area contributed by atoms with Gasteiger partial charge in [-0.05, 0) is 24.0 Å². The van der Waals surface area contributed by atoms with Crippen LogP contribution >= 0.6 is 0 Å². The molecule has 0 saturated heterocycles. The molecule has 1 aromatic heterocycles. The lowest BCUT2D eigenvalue weighted by molar-refractivity contribution is -0.134. The van der Waals surface area contributed by atoms with Crippen molar-refractivity contribution in [3.63, 3.8) is 0 Å². The average molecular weight is 460 g/mol. The number of rotatable bonds is 8. The van der Waals surface area contributed by atoms with Gasteiger partial charge in [0.2, 0.25) is 5.91 Å². The van der Waals surface area contributed by atoms with Crippen molar-refractivity contribution in [3.05, 3.63) is 34.2 Å². The fourth-order valence-electron chi connectivity index (χ4n) is 3.56. The number of hydrogen-bond acceptors (Lipinski definition) is 5. The molecule has 0 spiro atoms. The van der Waals surface area contributed by atoms with E-state index in [4.69, 9.17) is 4.74 Å². The van der Waals surface area contributed by atoms with Crippen LogP contribution in [-0.4, -0.2) is 52.3 Å². The first kappa shape index (κ1) is 26.8. The Bertz CT molecular complexity index is 1040. The van der Waals surface area contributed by atoms with Crippen molar-refractivity contribution in [3.8, 4) is 5.75 Å². The van der Waals surface area contributed by atoms with Crippen molar-refractivity contribution in [2.75, 3.05) is 26.8 Å². The van der Waals surface area contributed by atoms with E-state index in [1.807, 2.05) is 40.7 Å². The van der Waals surface area contributed by atoms with Crippen LogP contribution in [0.15, 0.2) is 23.0 Å². The molecular weight excluding hydrogens is 418 g/mol. The Morgan fingerprint density at radius 3 is 2.27 bits per heavy atom. The molecule has 0 saturated carbocycles. The molecule has 1 heterocycles. The van der Waals surface area contributed by atoms with E-state index in [0.29, 0.717) is 35.6 Å². The lowest BCUT2D eigenvalue weighted by Gasteiger charge is -2.33. The molecule has 1 amide bonds. The van der Waals surface area contributed by atoms with Crippen LogP contribution < -0.4 is 10.3 Å². The summed E-state index contributed by atoms with van der Waals surface area (Å²) in [5.41, 5.74) is 0.496. The molecule has 0 aliphatic heterocycles. The molecule has 7 nitrogen and oxygen atoms in total. The Kier molecular flexibility index (Phi) is 8.00. The third-order valence-corrected chi connectivity index (χ3v) is 5.69. The zero-order chi connectivity index (χ0) is 25.2. The maximum Gasteiger partial charge on any atom is 0.273 e. The van der Waals surface area contributed by atoms with Crippen LogP contribution in [-0.2, 0) is 16.8 Å². The second kappa shape index (κ2) is 9.84. The Hall–Kier alpha value is -2.41. The summed E-state index contributed by atoms with van der Waals surface area (Å²) < 4.78 is 6.87. The Balaban J connectivity index is 2.57. The number of carbonyl (C=O) groups excluding carboxylic acids is 1. The molecule has 1 aromatic carbocycles. The van der Waals surface area contributed by atoms with E-state index in [2.05, 4.69) is 25.8 Å². The molecule has 2 rings (SSSR count). The van der Waals surface area contributed by atoms with Gasteiger partial charge >= 0.3 is 0 Å². The molecule has 2 aromatic rings. The summed E-state index contributed by atoms with van der Waals surface area (Å²) in [6.07, 6.45) is 0.813. The van der Waals surface area contributed by atoms with Crippen molar-refractivity contribution in [1.29, 1.82) is 0 Å². The van der Waals surface area contributed by atoms with E-state index in [1.165, 1.54) is 4.57 Å². The monoisotopic (exact) mass is 459 g/mol. The van der Waals surface area contributed by atoms with Crippen LogP contribution in [0.4, 0.5) is 0 Å². The predicted octanol–water partition coefficient (Wildman–Crippen LogP) is 3.99. The van der Waals surface area contributed by atoms with E-state index in [-0.39, 0.29) is 30.0 Å². The summed E-state index contributed by atoms with van der Waals surface area (Å²) in [4.78, 5) is 33.5. The van der Waals surface area contributed by atoms with Crippen LogP contribution in [0.1, 0.15) is 67.5 Å². The Morgan fingerprint density at radius 1 is 1.12 bits per heavy atom. The first-order chi connectivity index (χ1) is 15.1. The van der Waals surface area contributed by atoms with E-state index in [9.17, 15) is 14.7 Å². The van der Waals surface area contributed by atoms with Gasteiger partial charge in [-0.25, -0.2) is 4.98 Å². The predicted molar refractivity (Wildman–Crippen MR) is 133 cm³/mol. The van der Waals surface area contributed by atoms with E-state index in [0.717, 1.165) is 6.42 Å². The van der Waals surface area contributed by atoms with E-state index in [1.54, 1.807) is 24.1 Å². The first-order valence-corrected chi connectivity index (χ1v) is 11.6. The van der Waals surface area contributed by atoms with Crippen molar-refractivity contribution in [2.45, 2.75) is 73.8 Å². The number of aliphatic hydroxyl groups excluding tert-OH is 1. The summed E-state index contributed by atoms with van der Waals surface area (Å²) in [6.45, 7) is 16.9. The normalized spacial score (nSPS) is 12.8. The number of ether oxygens (including phenoxy) is 1. The molecule has 0 bridgehead atoms. The molecule has 0 fully saturated rings. The van der Waals surface area contributed by atoms with Gasteiger partial charge in [-0.15, -0.1) is 0 Å². The fraction of sp³-hybridized carbons (Fsp3) is 0.654. The SMILES string of the molecule is COc1ccc2nc(C(C)(C)C)c(=O)n(CC(=O)N(CCC(C)(C)C)CC(C)(C)CO)c2c1. The summed E-state index contributed by atoms with van der Waals surface area (Å²) in [5.74, 6) is 0.442. The molecule has 33 heavy (non-hydrogen) atoms. The standard InChI is InChI=1S/C26H41N3O4/c1-24(2,3)12-13-28(16-26(7,8)17-30)21(31)15-29-20-14-18(33-9)10-11-19(20)27-22(23(29)32)25(4,5)6/h10-11,14,30H,12-13,15-17H2,1-9H3. The third-order valence-electron chi connectivity index (χ3n) is 5.69. The number of nitrogens with zero attached hydrogens (tertiary/aromatic N) is 3. The summed E-state index contributed by atoms with van der Waals surface area (Å²) in [7, 11) is 1.57. The maximum absolute atomic E-state index is 13.6. The van der Waals surface area contributed by atoms with Crippen LogP contribution in [0.2, 0.25) is 0 Å². The smallest absolute Gasteiger partial charge is 0.273 e. The van der Waals surface area contributed by atoms with Crippen molar-refractivity contribution in [1.82, 2.24) is 14.5 Å². The van der Waals surface area contributed by atoms with Crippen LogP contribution in [0.3, 0.4) is 0 Å². The topological polar surface area (TPSA) is 84.7 Å². The van der Waals surface area contributed by atoms with Crippen molar-refractivity contribution < 1.29 is 14.6 Å². The highest BCUT2D eigenvalue weighted by atomic mass is 16.5. The van der Waals surface area contributed by atoms with Gasteiger partial charge in [0.25, 0.3) is 5.56 Å². The third kappa shape index (κ3) is 7.03. The molecule has 7 heteroatoms. The molecule has 0 unspecified atom stereocenters. The number of amides is 1. The number of hydrogen-bond donors (Lipinski definition) is 1. The maximum atomic E-state index is 13.6. The minimum absolute atomic E-state index is 0.0319. The number of benzene rings is 1. The molecule has 184 valence electrons. The first-order valence-electron chi connectivity index (χ1n) is 11.6. The second-order valence-electron chi connectivity index (χ2n) is 11.9. The molecule has 0 atom stereocenters. The number of aromatic nitrogens is 2. The highest BCUT2D eigenvalue weighted by Crippen LogP contribution is 2.25. The number of methoxy groups -OCH3 is 1. The molecule has 0 aliphatic carbocycles. The largest absolute Gasteiger partial charge is 0.497 e. The van der Waals surface area contributed by atoms with Gasteiger partial charge < -0.3 is 14.7 Å². The van der Waals surface area contributed by atoms with Crippen LogP contribution in [0.5, 0.6) is 5.75 Å². The zero-order valence-corrected chi connectivity index (χ0v) is 21.8. The van der Waals surface area contributed by atoms with Crippen molar-refractivity contribution in [2.24, 2.45) is 10.8 Å². The summed E-state index contributed by atoms with van der Waals surface area (Å²) in [5, 5.41) is 9.80. The van der Waals surface area contributed by atoms with Crippen LogP contribution in [0, 0.1) is 10.8 Å². The number of aliphatic hydroxyl groups is 1. The van der Waals surface area contributed by atoms with Gasteiger partial charge in [0.05, 0.1) is 18.1 Å². The number of fused-ring (bicyclic) bond motifs is 1. The van der Waals surface area contributed by atoms with Gasteiger partial charge in [0.1, 0.15) is 18.0 Å². The lowest BCUT2D eigenvalue weighted by atomic mass is 9.90. The van der Waals surface area contributed by atoms with Gasteiger partial charge in [-0.2, -0.15) is 0 Å². The lowest BCUT2D eigenvalue weighted by Crippen LogP contribution is -2.45. The fourth-order valence-corrected chi connectivity index (χ4v) is 3.56. The summed E-state index contributed by atoms with van der Waals surface area (Å²) >= 11 is 0.